The topological polar surface area (TPSA) is 101 Å². The average molecular weight is 428 g/mol. The van der Waals surface area contributed by atoms with Crippen molar-refractivity contribution in [2.75, 3.05) is 0 Å². The third-order valence-electron chi connectivity index (χ3n) is 1.11. The second-order valence-electron chi connectivity index (χ2n) is 2.53. The van der Waals surface area contributed by atoms with Crippen LogP contribution in [0.2, 0.25) is 0 Å². The van der Waals surface area contributed by atoms with Crippen molar-refractivity contribution in [3.63, 3.8) is 0 Å². The fourth-order valence-corrected chi connectivity index (χ4v) is 1.16. The van der Waals surface area contributed by atoms with Crippen LogP contribution < -0.4 is 11.5 Å². The molecule has 0 atom stereocenters. The summed E-state index contributed by atoms with van der Waals surface area (Å²) in [6, 6.07) is 0. The minimum atomic E-state index is -0.111. The van der Waals surface area contributed by atoms with E-state index in [1.54, 1.807) is 18.2 Å². The number of nitrogens with two attached hydrogens (primary N) is 2. The molecular weight excluding hydrogens is 418 g/mol. The van der Waals surface area contributed by atoms with Crippen LogP contribution in [0.5, 0.6) is 0 Å². The SMILES string of the molecule is N=C(N)C=N/C(Br)=C/C=C/C(Br)=N/C=C(\N)Br. The summed E-state index contributed by atoms with van der Waals surface area (Å²) < 4.78 is 1.58. The molecule has 17 heavy (non-hydrogen) atoms. The molecule has 0 aromatic heterocycles. The lowest BCUT2D eigenvalue weighted by atomic mass is 10.5. The Hall–Kier alpha value is -0.730. The number of hydrogen-bond donors (Lipinski definition) is 3. The standard InChI is InChI=1S/C9H10Br3N5/c10-6(13)4-16-7(11)2-1-3-8(12)17-5-9(14)15/h1-5H,13H2,(H3,14,15)/b2-1+,6-4-,8-3+,16-7-,17-5?. The Kier molecular flexibility index (Phi) is 8.92. The van der Waals surface area contributed by atoms with Crippen LogP contribution in [0.25, 0.3) is 0 Å². The molecule has 0 aliphatic rings. The van der Waals surface area contributed by atoms with Crippen LogP contribution in [0.15, 0.2) is 43.6 Å². The van der Waals surface area contributed by atoms with E-state index in [0.29, 0.717) is 13.8 Å². The molecule has 0 aromatic rings. The van der Waals surface area contributed by atoms with E-state index in [1.165, 1.54) is 12.4 Å². The Labute approximate surface area is 124 Å². The molecule has 0 rings (SSSR count). The van der Waals surface area contributed by atoms with E-state index in [1.807, 2.05) is 0 Å². The number of rotatable bonds is 5. The molecule has 0 aliphatic heterocycles. The van der Waals surface area contributed by atoms with Gasteiger partial charge in [-0.2, -0.15) is 0 Å². The minimum Gasteiger partial charge on any atom is -0.392 e. The molecule has 0 fully saturated rings. The maximum absolute atomic E-state index is 6.94. The molecule has 5 nitrogen and oxygen atoms in total. The molecule has 8 heteroatoms. The van der Waals surface area contributed by atoms with Crippen LogP contribution in [0.1, 0.15) is 0 Å². The zero-order valence-electron chi connectivity index (χ0n) is 8.57. The average Bonchev–Trinajstić information content (AvgIpc) is 2.23. The monoisotopic (exact) mass is 425 g/mol. The zero-order valence-corrected chi connectivity index (χ0v) is 13.3. The zero-order chi connectivity index (χ0) is 13.3. The van der Waals surface area contributed by atoms with E-state index in [0.717, 1.165) is 0 Å². The van der Waals surface area contributed by atoms with E-state index >= 15 is 0 Å². The van der Waals surface area contributed by atoms with Gasteiger partial charge in [-0.1, -0.05) is 6.08 Å². The lowest BCUT2D eigenvalue weighted by Crippen LogP contribution is -2.09. The van der Waals surface area contributed by atoms with Crippen molar-refractivity contribution in [2.24, 2.45) is 21.5 Å². The first-order valence-electron chi connectivity index (χ1n) is 4.18. The number of allylic oxidation sites excluding steroid dienone is 3. The highest BCUT2D eigenvalue weighted by atomic mass is 79.9. The number of aliphatic imine (C=N–C) groups is 2. The second kappa shape index (κ2) is 9.32. The van der Waals surface area contributed by atoms with Crippen LogP contribution >= 0.6 is 47.8 Å². The van der Waals surface area contributed by atoms with Crippen molar-refractivity contribution in [3.8, 4) is 0 Å². The van der Waals surface area contributed by atoms with Crippen LogP contribution in [0.3, 0.4) is 0 Å². The molecule has 0 unspecified atom stereocenters. The fraction of sp³-hybridized carbons (Fsp3) is 0. The molecule has 0 aliphatic carbocycles. The maximum atomic E-state index is 6.94. The van der Waals surface area contributed by atoms with Crippen molar-refractivity contribution in [1.29, 1.82) is 5.41 Å². The highest BCUT2D eigenvalue weighted by Gasteiger charge is 1.86. The molecule has 0 saturated heterocycles. The summed E-state index contributed by atoms with van der Waals surface area (Å²) in [5.41, 5.74) is 10.4. The molecule has 0 saturated carbocycles. The van der Waals surface area contributed by atoms with E-state index in [4.69, 9.17) is 16.9 Å². The van der Waals surface area contributed by atoms with Gasteiger partial charge < -0.3 is 11.5 Å². The van der Waals surface area contributed by atoms with E-state index < -0.39 is 0 Å². The Morgan fingerprint density at radius 1 is 1.18 bits per heavy atom. The van der Waals surface area contributed by atoms with Gasteiger partial charge in [0.1, 0.15) is 15.1 Å². The van der Waals surface area contributed by atoms with Gasteiger partial charge in [0.05, 0.1) is 17.0 Å². The summed E-state index contributed by atoms with van der Waals surface area (Å²) in [7, 11) is 0. The normalized spacial score (nSPS) is 14.9. The van der Waals surface area contributed by atoms with Gasteiger partial charge in [-0.25, -0.2) is 9.98 Å². The van der Waals surface area contributed by atoms with E-state index in [2.05, 4.69) is 57.8 Å². The van der Waals surface area contributed by atoms with Crippen molar-refractivity contribution >= 4 is 64.5 Å². The second-order valence-corrected chi connectivity index (χ2v) is 5.07. The van der Waals surface area contributed by atoms with Gasteiger partial charge in [0.15, 0.2) is 0 Å². The Morgan fingerprint density at radius 2 is 1.82 bits per heavy atom. The van der Waals surface area contributed by atoms with Crippen molar-refractivity contribution < 1.29 is 0 Å². The highest BCUT2D eigenvalue weighted by molar-refractivity contribution is 9.18. The van der Waals surface area contributed by atoms with Gasteiger partial charge >= 0.3 is 0 Å². The van der Waals surface area contributed by atoms with Gasteiger partial charge in [-0.05, 0) is 59.9 Å². The first-order valence-corrected chi connectivity index (χ1v) is 6.56. The summed E-state index contributed by atoms with van der Waals surface area (Å²) in [5, 5.41) is 6.94. The van der Waals surface area contributed by atoms with Gasteiger partial charge in [0, 0.05) is 0 Å². The Bertz CT molecular complexity index is 416. The molecule has 0 spiro atoms. The number of amidine groups is 1. The van der Waals surface area contributed by atoms with E-state index in [-0.39, 0.29) is 5.84 Å². The summed E-state index contributed by atoms with van der Waals surface area (Å²) in [4.78, 5) is 7.82. The smallest absolute Gasteiger partial charge is 0.134 e. The van der Waals surface area contributed by atoms with Gasteiger partial charge in [-0.3, -0.25) is 5.41 Å². The van der Waals surface area contributed by atoms with Crippen molar-refractivity contribution in [2.45, 2.75) is 0 Å². The van der Waals surface area contributed by atoms with Crippen molar-refractivity contribution in [1.82, 2.24) is 0 Å². The predicted octanol–water partition coefficient (Wildman–Crippen LogP) is 2.73. The fourth-order valence-electron chi connectivity index (χ4n) is 0.548. The first-order chi connectivity index (χ1) is 7.91. The third kappa shape index (κ3) is 11.5. The van der Waals surface area contributed by atoms with Gasteiger partial charge in [0.25, 0.3) is 0 Å². The summed E-state index contributed by atoms with van der Waals surface area (Å²) >= 11 is 9.45. The predicted molar refractivity (Wildman–Crippen MR) is 84.1 cm³/mol. The number of hydrogen-bond acceptors (Lipinski definition) is 4. The quantitative estimate of drug-likeness (QED) is 0.272. The molecule has 0 heterocycles. The molecule has 0 aromatic carbocycles. The van der Waals surface area contributed by atoms with Crippen LogP contribution in [0.4, 0.5) is 0 Å². The molecular formula is C9H10Br3N5. The van der Waals surface area contributed by atoms with E-state index in [9.17, 15) is 0 Å². The molecule has 92 valence electrons. The van der Waals surface area contributed by atoms with Crippen LogP contribution in [-0.4, -0.2) is 16.7 Å². The maximum Gasteiger partial charge on any atom is 0.134 e. The summed E-state index contributed by atoms with van der Waals surface area (Å²) in [6.45, 7) is 0. The lowest BCUT2D eigenvalue weighted by molar-refractivity contribution is 1.47. The number of halogens is 3. The molecule has 0 radical (unpaired) electrons. The summed E-state index contributed by atoms with van der Waals surface area (Å²) in [5.74, 6) is -0.111. The largest absolute Gasteiger partial charge is 0.392 e. The Morgan fingerprint density at radius 3 is 2.35 bits per heavy atom. The molecule has 0 bridgehead atoms. The van der Waals surface area contributed by atoms with Gasteiger partial charge in [-0.15, -0.1) is 0 Å². The number of nitrogens with one attached hydrogen (secondary N) is 1. The van der Waals surface area contributed by atoms with Crippen LogP contribution in [0, 0.1) is 5.41 Å². The number of nitrogens with zero attached hydrogens (tertiary/aromatic N) is 2. The Balaban J connectivity index is 4.45. The third-order valence-corrected chi connectivity index (χ3v) is 2.25. The lowest BCUT2D eigenvalue weighted by Gasteiger charge is -1.88. The first kappa shape index (κ1) is 16.3. The molecule has 5 N–H and O–H groups in total. The van der Waals surface area contributed by atoms with Crippen LogP contribution in [-0.2, 0) is 0 Å². The summed E-state index contributed by atoms with van der Waals surface area (Å²) in [6.07, 6.45) is 7.79. The van der Waals surface area contributed by atoms with Crippen molar-refractivity contribution in [3.05, 3.63) is 33.6 Å². The highest BCUT2D eigenvalue weighted by Crippen LogP contribution is 2.06. The van der Waals surface area contributed by atoms with Gasteiger partial charge in [0.2, 0.25) is 0 Å². The minimum absolute atomic E-state index is 0.111. The molecule has 0 amide bonds.